The predicted molar refractivity (Wildman–Crippen MR) is 87.5 cm³/mol. The van der Waals surface area contributed by atoms with Crippen LogP contribution in [0.4, 0.5) is 0 Å². The number of aromatic carboxylic acids is 1. The second-order valence-corrected chi connectivity index (χ2v) is 6.06. The Morgan fingerprint density at radius 3 is 2.41 bits per heavy atom. The van der Waals surface area contributed by atoms with Crippen molar-refractivity contribution in [3.8, 4) is 5.75 Å². The summed E-state index contributed by atoms with van der Waals surface area (Å²) in [5.74, 6) is -0.135. The van der Waals surface area contributed by atoms with Gasteiger partial charge in [0.2, 0.25) is 0 Å². The monoisotopic (exact) mass is 298 g/mol. The molecular formula is C19H22O3. The van der Waals surface area contributed by atoms with Gasteiger partial charge in [-0.05, 0) is 47.2 Å². The Labute approximate surface area is 131 Å². The summed E-state index contributed by atoms with van der Waals surface area (Å²) in [6, 6.07) is 14.9. The topological polar surface area (TPSA) is 46.5 Å². The maximum absolute atomic E-state index is 10.9. The van der Waals surface area contributed by atoms with Gasteiger partial charge in [0.15, 0.2) is 0 Å². The van der Waals surface area contributed by atoms with Crippen LogP contribution in [0.5, 0.6) is 5.75 Å². The van der Waals surface area contributed by atoms with Crippen molar-refractivity contribution in [3.63, 3.8) is 0 Å². The number of hydrogen-bond donors (Lipinski definition) is 1. The van der Waals surface area contributed by atoms with E-state index in [1.54, 1.807) is 18.2 Å². The van der Waals surface area contributed by atoms with Crippen LogP contribution in [0.25, 0.3) is 0 Å². The van der Waals surface area contributed by atoms with E-state index in [0.717, 1.165) is 17.7 Å². The number of benzene rings is 2. The van der Waals surface area contributed by atoms with Crippen LogP contribution in [0.1, 0.15) is 48.7 Å². The molecule has 0 aromatic heterocycles. The molecule has 2 aromatic rings. The van der Waals surface area contributed by atoms with Crippen molar-refractivity contribution in [1.82, 2.24) is 0 Å². The van der Waals surface area contributed by atoms with E-state index in [-0.39, 0.29) is 11.0 Å². The Kier molecular flexibility index (Phi) is 4.86. The molecule has 2 aromatic carbocycles. The Morgan fingerprint density at radius 1 is 1.14 bits per heavy atom. The van der Waals surface area contributed by atoms with Crippen molar-refractivity contribution in [2.75, 3.05) is 0 Å². The summed E-state index contributed by atoms with van der Waals surface area (Å²) >= 11 is 0. The highest BCUT2D eigenvalue weighted by Crippen LogP contribution is 2.28. The van der Waals surface area contributed by atoms with E-state index in [1.807, 2.05) is 18.2 Å². The minimum atomic E-state index is -0.923. The highest BCUT2D eigenvalue weighted by molar-refractivity contribution is 5.87. The Balaban J connectivity index is 2.03. The van der Waals surface area contributed by atoms with Crippen LogP contribution in [-0.2, 0) is 12.0 Å². The number of carboxylic acids is 1. The number of carboxylic acid groups (broad SMARTS) is 1. The average molecular weight is 298 g/mol. The zero-order chi connectivity index (χ0) is 16.2. The fourth-order valence-electron chi connectivity index (χ4n) is 2.17. The Hall–Kier alpha value is -2.29. The van der Waals surface area contributed by atoms with Crippen molar-refractivity contribution < 1.29 is 14.6 Å². The van der Waals surface area contributed by atoms with E-state index in [2.05, 4.69) is 32.9 Å². The quantitative estimate of drug-likeness (QED) is 0.844. The highest BCUT2D eigenvalue weighted by Gasteiger charge is 2.17. The molecule has 1 N–H and O–H groups in total. The summed E-state index contributed by atoms with van der Waals surface area (Å²) in [7, 11) is 0. The van der Waals surface area contributed by atoms with Crippen LogP contribution in [0.3, 0.4) is 0 Å². The summed E-state index contributed by atoms with van der Waals surface area (Å²) in [5, 5.41) is 8.98. The summed E-state index contributed by atoms with van der Waals surface area (Å²) < 4.78 is 5.74. The lowest BCUT2D eigenvalue weighted by atomic mass is 9.82. The summed E-state index contributed by atoms with van der Waals surface area (Å²) in [6.07, 6.45) is 1.08. The Morgan fingerprint density at radius 2 is 1.82 bits per heavy atom. The molecule has 0 spiro atoms. The van der Waals surface area contributed by atoms with Gasteiger partial charge >= 0.3 is 5.97 Å². The molecule has 0 heterocycles. The number of rotatable bonds is 6. The molecule has 0 saturated heterocycles. The fraction of sp³-hybridized carbons (Fsp3) is 0.316. The molecule has 0 amide bonds. The van der Waals surface area contributed by atoms with Crippen molar-refractivity contribution >= 4 is 5.97 Å². The van der Waals surface area contributed by atoms with Gasteiger partial charge < -0.3 is 9.84 Å². The molecule has 0 saturated carbocycles. The van der Waals surface area contributed by atoms with Crippen LogP contribution in [0.2, 0.25) is 0 Å². The van der Waals surface area contributed by atoms with Gasteiger partial charge in [0.25, 0.3) is 0 Å². The predicted octanol–water partition coefficient (Wildman–Crippen LogP) is 4.65. The van der Waals surface area contributed by atoms with Gasteiger partial charge in [-0.3, -0.25) is 0 Å². The van der Waals surface area contributed by atoms with Crippen LogP contribution < -0.4 is 4.74 Å². The summed E-state index contributed by atoms with van der Waals surface area (Å²) in [4.78, 5) is 10.9. The SMILES string of the molecule is CCC(C)(C)c1ccc(OCc2cccc(C(=O)O)c2)cc1. The van der Waals surface area contributed by atoms with Gasteiger partial charge in [-0.15, -0.1) is 0 Å². The largest absolute Gasteiger partial charge is 0.489 e. The molecular weight excluding hydrogens is 276 g/mol. The Bertz CT molecular complexity index is 642. The average Bonchev–Trinajstić information content (AvgIpc) is 2.53. The zero-order valence-corrected chi connectivity index (χ0v) is 13.3. The lowest BCUT2D eigenvalue weighted by Crippen LogP contribution is -2.15. The minimum Gasteiger partial charge on any atom is -0.489 e. The molecule has 3 heteroatoms. The van der Waals surface area contributed by atoms with Gasteiger partial charge in [-0.2, -0.15) is 0 Å². The lowest BCUT2D eigenvalue weighted by Gasteiger charge is -2.23. The standard InChI is InChI=1S/C19H22O3/c1-4-19(2,3)16-8-10-17(11-9-16)22-13-14-6-5-7-15(12-14)18(20)21/h5-12H,4,13H2,1-3H3,(H,20,21). The van der Waals surface area contributed by atoms with Gasteiger partial charge in [0, 0.05) is 0 Å². The second-order valence-electron chi connectivity index (χ2n) is 6.06. The molecule has 0 unspecified atom stereocenters. The zero-order valence-electron chi connectivity index (χ0n) is 13.3. The van der Waals surface area contributed by atoms with Crippen LogP contribution in [-0.4, -0.2) is 11.1 Å². The van der Waals surface area contributed by atoms with E-state index in [4.69, 9.17) is 9.84 Å². The molecule has 0 atom stereocenters. The number of carbonyl (C=O) groups is 1. The van der Waals surface area contributed by atoms with Gasteiger partial charge in [0.1, 0.15) is 12.4 Å². The summed E-state index contributed by atoms with van der Waals surface area (Å²) in [5.41, 5.74) is 2.57. The van der Waals surface area contributed by atoms with Crippen molar-refractivity contribution in [2.45, 2.75) is 39.2 Å². The first-order valence-electron chi connectivity index (χ1n) is 7.48. The fourth-order valence-corrected chi connectivity index (χ4v) is 2.17. The normalized spacial score (nSPS) is 11.2. The molecule has 0 aliphatic heterocycles. The first-order chi connectivity index (χ1) is 10.4. The molecule has 0 fully saturated rings. The van der Waals surface area contributed by atoms with E-state index in [0.29, 0.717) is 6.61 Å². The van der Waals surface area contributed by atoms with Crippen LogP contribution in [0.15, 0.2) is 48.5 Å². The molecule has 3 nitrogen and oxygen atoms in total. The third-order valence-electron chi connectivity index (χ3n) is 4.10. The minimum absolute atomic E-state index is 0.161. The van der Waals surface area contributed by atoms with Gasteiger partial charge in [-0.25, -0.2) is 4.79 Å². The maximum Gasteiger partial charge on any atom is 0.335 e. The third-order valence-corrected chi connectivity index (χ3v) is 4.10. The molecule has 116 valence electrons. The van der Waals surface area contributed by atoms with E-state index < -0.39 is 5.97 Å². The number of hydrogen-bond acceptors (Lipinski definition) is 2. The van der Waals surface area contributed by atoms with Crippen molar-refractivity contribution in [2.24, 2.45) is 0 Å². The number of ether oxygens (including phenoxy) is 1. The third kappa shape index (κ3) is 3.88. The van der Waals surface area contributed by atoms with E-state index >= 15 is 0 Å². The van der Waals surface area contributed by atoms with Crippen LogP contribution in [0, 0.1) is 0 Å². The summed E-state index contributed by atoms with van der Waals surface area (Å²) in [6.45, 7) is 6.98. The van der Waals surface area contributed by atoms with Gasteiger partial charge in [0.05, 0.1) is 5.56 Å². The van der Waals surface area contributed by atoms with E-state index in [9.17, 15) is 4.79 Å². The second kappa shape index (κ2) is 6.65. The van der Waals surface area contributed by atoms with Crippen molar-refractivity contribution in [3.05, 3.63) is 65.2 Å². The molecule has 0 aliphatic carbocycles. The van der Waals surface area contributed by atoms with Gasteiger partial charge in [-0.1, -0.05) is 45.0 Å². The first kappa shape index (κ1) is 16.1. The van der Waals surface area contributed by atoms with E-state index in [1.165, 1.54) is 5.56 Å². The lowest BCUT2D eigenvalue weighted by molar-refractivity contribution is 0.0696. The molecule has 0 bridgehead atoms. The molecule has 0 aliphatic rings. The smallest absolute Gasteiger partial charge is 0.335 e. The van der Waals surface area contributed by atoms with Crippen molar-refractivity contribution in [1.29, 1.82) is 0 Å². The highest BCUT2D eigenvalue weighted by atomic mass is 16.5. The molecule has 2 rings (SSSR count). The maximum atomic E-state index is 10.9. The molecule has 0 radical (unpaired) electrons. The molecule has 22 heavy (non-hydrogen) atoms. The first-order valence-corrected chi connectivity index (χ1v) is 7.48. The van der Waals surface area contributed by atoms with Crippen LogP contribution >= 0.6 is 0 Å².